The smallest absolute Gasteiger partial charge is 0.146 e. The summed E-state index contributed by atoms with van der Waals surface area (Å²) in [7, 11) is 0. The molecule has 0 atom stereocenters. The van der Waals surface area contributed by atoms with Crippen molar-refractivity contribution in [3.63, 3.8) is 0 Å². The molecule has 0 radical (unpaired) electrons. The summed E-state index contributed by atoms with van der Waals surface area (Å²) in [5, 5.41) is 6.60. The van der Waals surface area contributed by atoms with Crippen LogP contribution in [-0.2, 0) is 0 Å². The first-order valence-electron chi connectivity index (χ1n) is 17.2. The fraction of sp³-hybridized carbons (Fsp3) is 0.0444. The third-order valence-electron chi connectivity index (χ3n) is 10.4. The van der Waals surface area contributed by atoms with Gasteiger partial charge in [-0.1, -0.05) is 48.5 Å². The molecular weight excluding hydrogens is 627 g/mol. The van der Waals surface area contributed by atoms with E-state index in [1.165, 1.54) is 27.6 Å². The predicted molar refractivity (Wildman–Crippen MR) is 208 cm³/mol. The van der Waals surface area contributed by atoms with Gasteiger partial charge in [0, 0.05) is 27.7 Å². The molecule has 11 rings (SSSR count). The molecule has 0 spiro atoms. The summed E-state index contributed by atoms with van der Waals surface area (Å²) >= 11 is 0. The number of pyridine rings is 3. The Morgan fingerprint density at radius 1 is 0.471 bits per heavy atom. The lowest BCUT2D eigenvalue weighted by molar-refractivity contribution is 0.484. The second-order valence-electron chi connectivity index (χ2n) is 13.4. The average molecular weight is 656 g/mol. The van der Waals surface area contributed by atoms with Crippen molar-refractivity contribution in [2.45, 2.75) is 13.8 Å². The van der Waals surface area contributed by atoms with E-state index < -0.39 is 0 Å². The van der Waals surface area contributed by atoms with Gasteiger partial charge in [-0.05, 0) is 126 Å². The molecule has 0 unspecified atom stereocenters. The second kappa shape index (κ2) is 10.4. The fourth-order valence-corrected chi connectivity index (χ4v) is 8.21. The molecule has 6 heteroatoms. The van der Waals surface area contributed by atoms with Gasteiger partial charge in [-0.2, -0.15) is 0 Å². The van der Waals surface area contributed by atoms with Gasteiger partial charge in [0.15, 0.2) is 0 Å². The molecule has 6 aromatic carbocycles. The Labute approximate surface area is 291 Å². The van der Waals surface area contributed by atoms with Crippen molar-refractivity contribution in [2.75, 3.05) is 0 Å². The zero-order chi connectivity index (χ0) is 33.8. The van der Waals surface area contributed by atoms with Crippen LogP contribution in [0.1, 0.15) is 11.1 Å². The number of para-hydroxylation sites is 4. The Morgan fingerprint density at radius 2 is 1.08 bits per heavy atom. The minimum Gasteiger partial charge on any atom is -0.457 e. The Kier molecular flexibility index (Phi) is 5.71. The van der Waals surface area contributed by atoms with Crippen LogP contribution in [0.5, 0.6) is 11.5 Å². The summed E-state index contributed by atoms with van der Waals surface area (Å²) in [4.78, 5) is 14.7. The van der Waals surface area contributed by atoms with E-state index in [4.69, 9.17) is 14.7 Å². The van der Waals surface area contributed by atoms with Crippen LogP contribution in [0.3, 0.4) is 0 Å². The average Bonchev–Trinajstić information content (AvgIpc) is 3.75. The number of aryl methyl sites for hydroxylation is 2. The van der Waals surface area contributed by atoms with E-state index in [2.05, 4.69) is 137 Å². The summed E-state index contributed by atoms with van der Waals surface area (Å²) < 4.78 is 11.2. The van der Waals surface area contributed by atoms with Crippen LogP contribution >= 0.6 is 0 Å². The van der Waals surface area contributed by atoms with Crippen molar-refractivity contribution in [3.05, 3.63) is 151 Å². The molecule has 51 heavy (non-hydrogen) atoms. The highest BCUT2D eigenvalue weighted by atomic mass is 16.5. The highest BCUT2D eigenvalue weighted by molar-refractivity contribution is 6.16. The zero-order valence-corrected chi connectivity index (χ0v) is 27.9. The third-order valence-corrected chi connectivity index (χ3v) is 10.4. The number of nitrogens with zero attached hydrogens (tertiary/aromatic N) is 5. The Hall–Kier alpha value is -6.79. The molecule has 6 nitrogen and oxygen atoms in total. The molecule has 0 saturated carbocycles. The van der Waals surface area contributed by atoms with Crippen molar-refractivity contribution in [2.24, 2.45) is 0 Å². The van der Waals surface area contributed by atoms with Gasteiger partial charge in [0.2, 0.25) is 0 Å². The molecule has 0 amide bonds. The maximum Gasteiger partial charge on any atom is 0.146 e. The SMILES string of the molecule is Cc1cccc(C)c1-c1ccc2c(c1)c1ccc(Oc3ccc4c5ccncc5n5c6ccccc6nc5c4c3)cc1c1nc3ccccc3n21. The Balaban J connectivity index is 1.13. The van der Waals surface area contributed by atoms with E-state index in [1.807, 2.05) is 30.6 Å². The van der Waals surface area contributed by atoms with Gasteiger partial charge in [-0.25, -0.2) is 9.97 Å². The molecule has 0 N–H and O–H groups in total. The van der Waals surface area contributed by atoms with Crippen molar-refractivity contribution in [1.29, 1.82) is 0 Å². The second-order valence-corrected chi connectivity index (χ2v) is 13.4. The van der Waals surface area contributed by atoms with Crippen molar-refractivity contribution < 1.29 is 4.74 Å². The summed E-state index contributed by atoms with van der Waals surface area (Å²) in [5.41, 5.74) is 13.0. The maximum absolute atomic E-state index is 6.70. The van der Waals surface area contributed by atoms with Crippen molar-refractivity contribution in [1.82, 2.24) is 23.8 Å². The normalized spacial score (nSPS) is 12.1. The standard InChI is InChI=1S/C45H29N5O/c1-26-8-7-9-27(2)43(26)28-14-19-39-34(22-28)32-18-16-30(24-36(32)44-47-37-10-3-5-12-40(37)49(39)44)51-29-15-17-31-33-20-21-46-25-42(33)50-41-13-6-4-11-38(41)48-45(50)35(31)23-29/h3-25H,1-2H3. The summed E-state index contributed by atoms with van der Waals surface area (Å²) in [6.07, 6.45) is 3.77. The highest BCUT2D eigenvalue weighted by Gasteiger charge is 2.18. The molecular formula is C45H29N5O. The van der Waals surface area contributed by atoms with Crippen molar-refractivity contribution in [3.8, 4) is 22.6 Å². The minimum atomic E-state index is 0.742. The number of hydrogen-bond acceptors (Lipinski definition) is 4. The summed E-state index contributed by atoms with van der Waals surface area (Å²) in [6.45, 7) is 4.38. The Morgan fingerprint density at radius 3 is 1.75 bits per heavy atom. The molecule has 5 heterocycles. The van der Waals surface area contributed by atoms with Crippen LogP contribution in [0.2, 0.25) is 0 Å². The summed E-state index contributed by atoms with van der Waals surface area (Å²) in [6, 6.07) is 44.7. The molecule has 0 fully saturated rings. The van der Waals surface area contributed by atoms with Gasteiger partial charge in [0.25, 0.3) is 0 Å². The highest BCUT2D eigenvalue weighted by Crippen LogP contribution is 2.39. The van der Waals surface area contributed by atoms with E-state index in [-0.39, 0.29) is 0 Å². The maximum atomic E-state index is 6.70. The predicted octanol–water partition coefficient (Wildman–Crippen LogP) is 11.4. The van der Waals surface area contributed by atoms with E-state index in [9.17, 15) is 0 Å². The van der Waals surface area contributed by atoms with Gasteiger partial charge < -0.3 is 4.74 Å². The van der Waals surface area contributed by atoms with Crippen LogP contribution in [0.15, 0.2) is 140 Å². The molecule has 11 aromatic rings. The first kappa shape index (κ1) is 28.1. The number of fused-ring (bicyclic) bond motifs is 16. The van der Waals surface area contributed by atoms with Crippen LogP contribution in [-0.4, -0.2) is 23.8 Å². The molecule has 240 valence electrons. The molecule has 0 saturated heterocycles. The lowest BCUT2D eigenvalue weighted by Gasteiger charge is -2.15. The van der Waals surface area contributed by atoms with E-state index >= 15 is 0 Å². The van der Waals surface area contributed by atoms with E-state index in [1.54, 1.807) is 0 Å². The quantitative estimate of drug-likeness (QED) is 0.178. The molecule has 5 aromatic heterocycles. The largest absolute Gasteiger partial charge is 0.457 e. The molecule has 0 aliphatic heterocycles. The van der Waals surface area contributed by atoms with Crippen LogP contribution in [0, 0.1) is 13.8 Å². The van der Waals surface area contributed by atoms with Gasteiger partial charge in [0.05, 0.1) is 39.3 Å². The molecule has 0 bridgehead atoms. The fourth-order valence-electron chi connectivity index (χ4n) is 8.21. The monoisotopic (exact) mass is 655 g/mol. The number of hydrogen-bond donors (Lipinski definition) is 0. The number of aromatic nitrogens is 5. The zero-order valence-electron chi connectivity index (χ0n) is 27.9. The molecule has 0 aliphatic carbocycles. The van der Waals surface area contributed by atoms with Crippen LogP contribution in [0.4, 0.5) is 0 Å². The van der Waals surface area contributed by atoms with Gasteiger partial charge >= 0.3 is 0 Å². The van der Waals surface area contributed by atoms with Gasteiger partial charge in [-0.3, -0.25) is 13.8 Å². The number of imidazole rings is 2. The number of ether oxygens (including phenoxy) is 1. The topological polar surface area (TPSA) is 56.7 Å². The first-order chi connectivity index (χ1) is 25.1. The van der Waals surface area contributed by atoms with Crippen LogP contribution in [0.25, 0.3) is 87.8 Å². The van der Waals surface area contributed by atoms with Crippen LogP contribution < -0.4 is 4.74 Å². The Bertz CT molecular complexity index is 3240. The van der Waals surface area contributed by atoms with E-state index in [0.29, 0.717) is 0 Å². The first-order valence-corrected chi connectivity index (χ1v) is 17.2. The van der Waals surface area contributed by atoms with Gasteiger partial charge in [0.1, 0.15) is 22.8 Å². The minimum absolute atomic E-state index is 0.742. The van der Waals surface area contributed by atoms with E-state index in [0.717, 1.165) is 82.8 Å². The molecule has 0 aliphatic rings. The third kappa shape index (κ3) is 4.01. The van der Waals surface area contributed by atoms with Crippen molar-refractivity contribution >= 4 is 76.7 Å². The van der Waals surface area contributed by atoms with Gasteiger partial charge in [-0.15, -0.1) is 0 Å². The lowest BCUT2D eigenvalue weighted by Crippen LogP contribution is -1.95. The number of rotatable bonds is 3. The summed E-state index contributed by atoms with van der Waals surface area (Å²) in [5.74, 6) is 1.49. The number of benzene rings is 6. The lowest BCUT2D eigenvalue weighted by atomic mass is 9.93.